The highest BCUT2D eigenvalue weighted by Crippen LogP contribution is 2.19. The highest BCUT2D eigenvalue weighted by molar-refractivity contribution is 5.88. The van der Waals surface area contributed by atoms with Gasteiger partial charge in [0.1, 0.15) is 0 Å². The van der Waals surface area contributed by atoms with Crippen molar-refractivity contribution in [1.29, 1.82) is 0 Å². The Labute approximate surface area is 116 Å². The molecule has 0 aliphatic heterocycles. The van der Waals surface area contributed by atoms with Gasteiger partial charge in [-0.1, -0.05) is 33.1 Å². The van der Waals surface area contributed by atoms with Crippen molar-refractivity contribution in [2.45, 2.75) is 39.5 Å². The molecule has 1 unspecified atom stereocenters. The lowest BCUT2D eigenvalue weighted by atomic mass is 9.98. The van der Waals surface area contributed by atoms with Crippen LogP contribution in [0.15, 0.2) is 24.3 Å². The molecule has 3 heteroatoms. The summed E-state index contributed by atoms with van der Waals surface area (Å²) in [7, 11) is 2.07. The van der Waals surface area contributed by atoms with E-state index in [-0.39, 0.29) is 0 Å². The van der Waals surface area contributed by atoms with E-state index in [1.807, 2.05) is 12.1 Å². The number of hydrogen-bond donors (Lipinski definition) is 1. The molecule has 0 radical (unpaired) electrons. The van der Waals surface area contributed by atoms with E-state index in [1.54, 1.807) is 12.1 Å². The molecule has 1 N–H and O–H groups in total. The van der Waals surface area contributed by atoms with Gasteiger partial charge in [0.15, 0.2) is 0 Å². The monoisotopic (exact) mass is 263 g/mol. The van der Waals surface area contributed by atoms with Gasteiger partial charge < -0.3 is 10.0 Å². The number of carboxylic acid groups (broad SMARTS) is 1. The van der Waals surface area contributed by atoms with Gasteiger partial charge in [0.25, 0.3) is 0 Å². The first kappa shape index (κ1) is 15.5. The number of anilines is 1. The minimum atomic E-state index is -0.872. The third kappa shape index (κ3) is 4.93. The number of nitrogens with zero attached hydrogens (tertiary/aromatic N) is 1. The van der Waals surface area contributed by atoms with E-state index in [0.717, 1.165) is 12.2 Å². The number of aromatic carboxylic acids is 1. The third-order valence-electron chi connectivity index (χ3n) is 3.63. The summed E-state index contributed by atoms with van der Waals surface area (Å²) in [6.45, 7) is 5.49. The van der Waals surface area contributed by atoms with E-state index >= 15 is 0 Å². The Balaban J connectivity index is 2.60. The first-order chi connectivity index (χ1) is 9.08. The average molecular weight is 263 g/mol. The van der Waals surface area contributed by atoms with E-state index in [2.05, 4.69) is 25.8 Å². The molecule has 0 bridgehead atoms. The van der Waals surface area contributed by atoms with Crippen molar-refractivity contribution in [1.82, 2.24) is 0 Å². The summed E-state index contributed by atoms with van der Waals surface area (Å²) in [5.41, 5.74) is 1.43. The van der Waals surface area contributed by atoms with Gasteiger partial charge in [-0.2, -0.15) is 0 Å². The molecule has 1 aromatic carbocycles. The fourth-order valence-electron chi connectivity index (χ4n) is 2.27. The van der Waals surface area contributed by atoms with Gasteiger partial charge in [0, 0.05) is 19.3 Å². The molecule has 19 heavy (non-hydrogen) atoms. The lowest BCUT2D eigenvalue weighted by molar-refractivity contribution is 0.0697. The lowest BCUT2D eigenvalue weighted by Gasteiger charge is -2.25. The van der Waals surface area contributed by atoms with Gasteiger partial charge >= 0.3 is 5.97 Å². The second kappa shape index (κ2) is 7.82. The minimum absolute atomic E-state index is 0.343. The van der Waals surface area contributed by atoms with Crippen molar-refractivity contribution in [2.75, 3.05) is 18.5 Å². The number of benzene rings is 1. The van der Waals surface area contributed by atoms with Crippen molar-refractivity contribution >= 4 is 11.7 Å². The molecule has 0 aliphatic carbocycles. The molecular formula is C16H25NO2. The van der Waals surface area contributed by atoms with Gasteiger partial charge in [-0.15, -0.1) is 0 Å². The Morgan fingerprint density at radius 1 is 1.26 bits per heavy atom. The zero-order valence-corrected chi connectivity index (χ0v) is 12.2. The molecular weight excluding hydrogens is 238 g/mol. The molecule has 0 spiro atoms. The van der Waals surface area contributed by atoms with Crippen molar-refractivity contribution in [3.63, 3.8) is 0 Å². The molecule has 0 saturated heterocycles. The van der Waals surface area contributed by atoms with Crippen LogP contribution in [0, 0.1) is 5.92 Å². The van der Waals surface area contributed by atoms with E-state index in [9.17, 15) is 4.79 Å². The molecule has 1 aromatic rings. The molecule has 0 aliphatic rings. The molecule has 0 aromatic heterocycles. The van der Waals surface area contributed by atoms with E-state index in [4.69, 9.17) is 5.11 Å². The second-order valence-corrected chi connectivity index (χ2v) is 5.15. The van der Waals surface area contributed by atoms with Gasteiger partial charge in [-0.25, -0.2) is 4.79 Å². The van der Waals surface area contributed by atoms with Crippen LogP contribution in [0.5, 0.6) is 0 Å². The van der Waals surface area contributed by atoms with Crippen molar-refractivity contribution in [3.8, 4) is 0 Å². The fourth-order valence-corrected chi connectivity index (χ4v) is 2.27. The molecule has 106 valence electrons. The number of unbranched alkanes of at least 4 members (excludes halogenated alkanes) is 1. The Morgan fingerprint density at radius 2 is 1.89 bits per heavy atom. The Hall–Kier alpha value is -1.51. The van der Waals surface area contributed by atoms with Crippen LogP contribution in [0.1, 0.15) is 49.9 Å². The second-order valence-electron chi connectivity index (χ2n) is 5.15. The molecule has 3 nitrogen and oxygen atoms in total. The van der Waals surface area contributed by atoms with Crippen LogP contribution in [0.25, 0.3) is 0 Å². The topological polar surface area (TPSA) is 40.5 Å². The first-order valence-corrected chi connectivity index (χ1v) is 7.13. The SMILES string of the molecule is CCCCC(CC)CN(C)c1ccc(C(=O)O)cc1. The zero-order chi connectivity index (χ0) is 14.3. The van der Waals surface area contributed by atoms with Gasteiger partial charge in [-0.3, -0.25) is 0 Å². The van der Waals surface area contributed by atoms with E-state index in [1.165, 1.54) is 25.7 Å². The predicted octanol–water partition coefficient (Wildman–Crippen LogP) is 4.04. The number of hydrogen-bond acceptors (Lipinski definition) is 2. The summed E-state index contributed by atoms with van der Waals surface area (Å²) in [6.07, 6.45) is 4.99. The maximum Gasteiger partial charge on any atom is 0.335 e. The lowest BCUT2D eigenvalue weighted by Crippen LogP contribution is -2.25. The molecule has 0 fully saturated rings. The van der Waals surface area contributed by atoms with Gasteiger partial charge in [0.2, 0.25) is 0 Å². The van der Waals surface area contributed by atoms with Crippen LogP contribution < -0.4 is 4.90 Å². The highest BCUT2D eigenvalue weighted by Gasteiger charge is 2.10. The Bertz CT molecular complexity index is 386. The summed E-state index contributed by atoms with van der Waals surface area (Å²) in [5, 5.41) is 8.88. The van der Waals surface area contributed by atoms with Gasteiger partial charge in [0.05, 0.1) is 5.56 Å². The number of carbonyl (C=O) groups is 1. The van der Waals surface area contributed by atoms with Crippen molar-refractivity contribution < 1.29 is 9.90 Å². The standard InChI is InChI=1S/C16H25NO2/c1-4-6-7-13(5-2)12-17(3)15-10-8-14(9-11-15)16(18)19/h8-11,13H,4-7,12H2,1-3H3,(H,18,19). The van der Waals surface area contributed by atoms with Crippen LogP contribution in [0.3, 0.4) is 0 Å². The van der Waals surface area contributed by atoms with Crippen molar-refractivity contribution in [2.24, 2.45) is 5.92 Å². The Kier molecular flexibility index (Phi) is 6.40. The molecule has 1 rings (SSSR count). The summed E-state index contributed by atoms with van der Waals surface area (Å²) < 4.78 is 0. The summed E-state index contributed by atoms with van der Waals surface area (Å²) in [4.78, 5) is 13.0. The molecule has 0 saturated carbocycles. The summed E-state index contributed by atoms with van der Waals surface area (Å²) in [5.74, 6) is -0.160. The zero-order valence-electron chi connectivity index (χ0n) is 12.2. The summed E-state index contributed by atoms with van der Waals surface area (Å²) in [6, 6.07) is 7.11. The van der Waals surface area contributed by atoms with Gasteiger partial charge in [-0.05, 0) is 36.6 Å². The van der Waals surface area contributed by atoms with E-state index in [0.29, 0.717) is 11.5 Å². The largest absolute Gasteiger partial charge is 0.478 e. The van der Waals surface area contributed by atoms with Crippen LogP contribution in [0.2, 0.25) is 0 Å². The molecule has 0 amide bonds. The maximum absolute atomic E-state index is 10.8. The van der Waals surface area contributed by atoms with E-state index < -0.39 is 5.97 Å². The minimum Gasteiger partial charge on any atom is -0.478 e. The fraction of sp³-hybridized carbons (Fsp3) is 0.562. The van der Waals surface area contributed by atoms with Crippen LogP contribution in [0.4, 0.5) is 5.69 Å². The quantitative estimate of drug-likeness (QED) is 0.769. The number of rotatable bonds is 8. The van der Waals surface area contributed by atoms with Crippen LogP contribution in [-0.2, 0) is 0 Å². The average Bonchev–Trinajstić information content (AvgIpc) is 2.43. The van der Waals surface area contributed by atoms with Crippen LogP contribution in [-0.4, -0.2) is 24.7 Å². The normalized spacial score (nSPS) is 12.2. The molecule has 1 atom stereocenters. The van der Waals surface area contributed by atoms with Crippen molar-refractivity contribution in [3.05, 3.63) is 29.8 Å². The number of carboxylic acids is 1. The van der Waals surface area contributed by atoms with Crippen LogP contribution >= 0.6 is 0 Å². The smallest absolute Gasteiger partial charge is 0.335 e. The highest BCUT2D eigenvalue weighted by atomic mass is 16.4. The summed E-state index contributed by atoms with van der Waals surface area (Å²) >= 11 is 0. The predicted molar refractivity (Wildman–Crippen MR) is 80.0 cm³/mol. The molecule has 0 heterocycles. The maximum atomic E-state index is 10.8. The third-order valence-corrected chi connectivity index (χ3v) is 3.63. The first-order valence-electron chi connectivity index (χ1n) is 7.13. The Morgan fingerprint density at radius 3 is 2.37 bits per heavy atom.